The zero-order valence-electron chi connectivity index (χ0n) is 25.5. The maximum Gasteiger partial charge on any atom is 0.413 e. The number of thiazole rings is 1. The van der Waals surface area contributed by atoms with Crippen LogP contribution in [0.3, 0.4) is 0 Å². The molecule has 3 amide bonds. The summed E-state index contributed by atoms with van der Waals surface area (Å²) < 4.78 is 5.22. The number of nitrogens with zero attached hydrogens (tertiary/aromatic N) is 3. The Morgan fingerprint density at radius 1 is 1.22 bits per heavy atom. The van der Waals surface area contributed by atoms with E-state index in [9.17, 15) is 29.1 Å². The highest BCUT2D eigenvalue weighted by molar-refractivity contribution is 8.12. The van der Waals surface area contributed by atoms with Crippen LogP contribution in [-0.2, 0) is 40.9 Å². The summed E-state index contributed by atoms with van der Waals surface area (Å²) in [6.45, 7) is 8.60. The molecule has 1 aromatic carbocycles. The van der Waals surface area contributed by atoms with Crippen LogP contribution in [0.15, 0.2) is 40.0 Å². The minimum Gasteiger partial charge on any atom is -0.477 e. The number of hydrogen-bond donors (Lipinski definition) is 3. The van der Waals surface area contributed by atoms with Gasteiger partial charge in [0.2, 0.25) is 0 Å². The van der Waals surface area contributed by atoms with Crippen molar-refractivity contribution in [3.8, 4) is 0 Å². The van der Waals surface area contributed by atoms with Crippen molar-refractivity contribution in [1.29, 1.82) is 0 Å². The lowest BCUT2D eigenvalue weighted by Crippen LogP contribution is -2.71. The van der Waals surface area contributed by atoms with Crippen molar-refractivity contribution in [1.82, 2.24) is 15.2 Å². The van der Waals surface area contributed by atoms with E-state index >= 15 is 0 Å². The molecule has 2 atom stereocenters. The van der Waals surface area contributed by atoms with Gasteiger partial charge in [0, 0.05) is 23.8 Å². The fourth-order valence-corrected chi connectivity index (χ4v) is 7.35. The summed E-state index contributed by atoms with van der Waals surface area (Å²) in [5.74, 6) is -1.71. The number of thioether (sulfide) groups is 2. The number of aliphatic carboxylic acids is 1. The molecule has 45 heavy (non-hydrogen) atoms. The molecule has 2 aromatic rings. The summed E-state index contributed by atoms with van der Waals surface area (Å²) in [4.78, 5) is 72.8. The summed E-state index contributed by atoms with van der Waals surface area (Å²) in [5.41, 5.74) is 2.48. The Hall–Kier alpha value is -3.89. The molecular formula is C29H33N5O8S3. The monoisotopic (exact) mass is 675 g/mol. The number of carbonyl (C=O) groups is 5. The largest absolute Gasteiger partial charge is 0.477 e. The minimum absolute atomic E-state index is 0.00971. The number of fused-ring (bicyclic) bond motifs is 1. The van der Waals surface area contributed by atoms with E-state index in [1.54, 1.807) is 20.8 Å². The van der Waals surface area contributed by atoms with Crippen LogP contribution in [0.4, 0.5) is 9.93 Å². The topological polar surface area (TPSA) is 177 Å². The highest BCUT2D eigenvalue weighted by Gasteiger charge is 2.54. The van der Waals surface area contributed by atoms with Gasteiger partial charge in [0.05, 0.1) is 0 Å². The summed E-state index contributed by atoms with van der Waals surface area (Å²) in [6, 6.07) is 4.71. The van der Waals surface area contributed by atoms with Gasteiger partial charge in [0.1, 0.15) is 35.5 Å². The average molecular weight is 676 g/mol. The first kappa shape index (κ1) is 34.0. The first-order valence-electron chi connectivity index (χ1n) is 13.7. The Morgan fingerprint density at radius 3 is 2.58 bits per heavy atom. The predicted octanol–water partition coefficient (Wildman–Crippen LogP) is 3.91. The number of carbonyl (C=O) groups excluding carboxylic acids is 4. The molecule has 240 valence electrons. The molecule has 2 aliphatic heterocycles. The van der Waals surface area contributed by atoms with Gasteiger partial charge in [-0.2, -0.15) is 0 Å². The third kappa shape index (κ3) is 8.04. The Balaban J connectivity index is 1.48. The van der Waals surface area contributed by atoms with E-state index in [2.05, 4.69) is 20.8 Å². The minimum atomic E-state index is -1.23. The van der Waals surface area contributed by atoms with E-state index in [0.29, 0.717) is 23.5 Å². The van der Waals surface area contributed by atoms with Crippen molar-refractivity contribution >= 4 is 74.7 Å². The third-order valence-corrected chi connectivity index (χ3v) is 9.64. The van der Waals surface area contributed by atoms with Crippen molar-refractivity contribution in [2.24, 2.45) is 5.16 Å². The number of benzene rings is 1. The highest BCUT2D eigenvalue weighted by Crippen LogP contribution is 2.41. The van der Waals surface area contributed by atoms with Gasteiger partial charge in [-0.15, -0.1) is 23.1 Å². The number of β-lactam (4-membered cyclic amide) rings is 1. The van der Waals surface area contributed by atoms with Gasteiger partial charge >= 0.3 is 12.1 Å². The molecule has 0 aliphatic carbocycles. The second kappa shape index (κ2) is 14.0. The molecule has 13 nitrogen and oxygen atoms in total. The molecule has 0 bridgehead atoms. The fourth-order valence-electron chi connectivity index (χ4n) is 4.65. The van der Waals surface area contributed by atoms with Crippen LogP contribution in [0.5, 0.6) is 0 Å². The summed E-state index contributed by atoms with van der Waals surface area (Å²) in [6.07, 6.45) is -0.398. The van der Waals surface area contributed by atoms with Crippen LogP contribution >= 0.6 is 34.9 Å². The van der Waals surface area contributed by atoms with Gasteiger partial charge in [-0.25, -0.2) is 14.6 Å². The molecule has 0 radical (unpaired) electrons. The average Bonchev–Trinajstić information content (AvgIpc) is 3.40. The van der Waals surface area contributed by atoms with Crippen molar-refractivity contribution in [3.63, 3.8) is 0 Å². The van der Waals surface area contributed by atoms with E-state index in [1.165, 1.54) is 47.8 Å². The fraction of sp³-hybridized carbons (Fsp3) is 0.414. The summed E-state index contributed by atoms with van der Waals surface area (Å²) >= 11 is 3.59. The number of nitrogens with one attached hydrogen (secondary N) is 2. The number of carboxylic acids is 1. The predicted molar refractivity (Wildman–Crippen MR) is 172 cm³/mol. The first-order chi connectivity index (χ1) is 21.2. The molecule has 4 rings (SSSR count). The van der Waals surface area contributed by atoms with Crippen LogP contribution in [-0.4, -0.2) is 79.6 Å². The molecule has 3 heterocycles. The number of amides is 3. The van der Waals surface area contributed by atoms with Gasteiger partial charge in [0.15, 0.2) is 16.0 Å². The number of oxime groups is 1. The van der Waals surface area contributed by atoms with Gasteiger partial charge in [-0.05, 0) is 56.4 Å². The lowest BCUT2D eigenvalue weighted by molar-refractivity contribution is -0.150. The third-order valence-electron chi connectivity index (χ3n) is 6.68. The van der Waals surface area contributed by atoms with Crippen LogP contribution in [0.2, 0.25) is 0 Å². The number of hydrogen-bond acceptors (Lipinski definition) is 12. The lowest BCUT2D eigenvalue weighted by Gasteiger charge is -2.49. The standard InChI is InChI=1S/C29H33N5O8S3/c1-14-16(8-7-9-17(14)11-43-15(2)35)10-18-12-44-25-21(24(37)34(25)22(18)26(38)39)31-23(36)20(33-41-6)19-13-45-27(30-19)32-28(40)42-29(3,4)5/h7-9,13,21,25H,10-12H2,1-6H3,(H,31,36)(H,38,39)(H,30,32,40)/t21-,25-/m1/s1. The maximum atomic E-state index is 13.3. The van der Waals surface area contributed by atoms with Gasteiger partial charge in [-0.1, -0.05) is 35.1 Å². The van der Waals surface area contributed by atoms with Crippen LogP contribution in [0.25, 0.3) is 0 Å². The van der Waals surface area contributed by atoms with E-state index in [-0.39, 0.29) is 27.3 Å². The van der Waals surface area contributed by atoms with Gasteiger partial charge < -0.3 is 20.0 Å². The van der Waals surface area contributed by atoms with E-state index in [1.807, 2.05) is 25.1 Å². The second-order valence-corrected chi connectivity index (χ2v) is 14.2. The Labute approximate surface area is 272 Å². The molecule has 16 heteroatoms. The zero-order valence-corrected chi connectivity index (χ0v) is 27.9. The van der Waals surface area contributed by atoms with E-state index < -0.39 is 40.9 Å². The second-order valence-electron chi connectivity index (χ2n) is 11.1. The Bertz CT molecular complexity index is 1600. The van der Waals surface area contributed by atoms with Crippen LogP contribution in [0, 0.1) is 6.92 Å². The first-order valence-corrected chi connectivity index (χ1v) is 16.6. The van der Waals surface area contributed by atoms with E-state index in [4.69, 9.17) is 9.57 Å². The van der Waals surface area contributed by atoms with Gasteiger partial charge in [0.25, 0.3) is 11.8 Å². The number of anilines is 1. The molecular weight excluding hydrogens is 643 g/mol. The van der Waals surface area contributed by atoms with Crippen LogP contribution in [0.1, 0.15) is 50.1 Å². The molecule has 0 unspecified atom stereocenters. The van der Waals surface area contributed by atoms with E-state index in [0.717, 1.165) is 28.0 Å². The Morgan fingerprint density at radius 2 is 1.93 bits per heavy atom. The molecule has 1 aromatic heterocycles. The zero-order chi connectivity index (χ0) is 33.1. The molecule has 0 spiro atoms. The summed E-state index contributed by atoms with van der Waals surface area (Å²) in [7, 11) is 1.25. The van der Waals surface area contributed by atoms with Crippen molar-refractivity contribution in [2.75, 3.05) is 18.2 Å². The number of ether oxygens (including phenoxy) is 1. The quantitative estimate of drug-likeness (QED) is 0.189. The lowest BCUT2D eigenvalue weighted by atomic mass is 9.95. The smallest absolute Gasteiger partial charge is 0.413 e. The molecule has 2 aliphatic rings. The Kier molecular flexibility index (Phi) is 10.6. The maximum absolute atomic E-state index is 13.3. The number of aromatic nitrogens is 1. The molecule has 1 saturated heterocycles. The van der Waals surface area contributed by atoms with Crippen molar-refractivity contribution in [2.45, 2.75) is 63.8 Å². The summed E-state index contributed by atoms with van der Waals surface area (Å²) in [5, 5.41) is 20.1. The highest BCUT2D eigenvalue weighted by atomic mass is 32.2. The van der Waals surface area contributed by atoms with Crippen molar-refractivity contribution < 1.29 is 38.7 Å². The number of carboxylic acid groups (broad SMARTS) is 1. The van der Waals surface area contributed by atoms with Gasteiger partial charge in [-0.3, -0.25) is 24.6 Å². The SMILES string of the molecule is CON=C(C(=O)N[C@@H]1C(=O)N2C(C(=O)O)=C(Cc3cccc(CSC(C)=O)c3C)CS[C@H]12)c1csc(NC(=O)OC(C)(C)C)n1. The number of rotatable bonds is 10. The molecule has 1 fully saturated rings. The normalized spacial score (nSPS) is 18.1. The van der Waals surface area contributed by atoms with Crippen LogP contribution < -0.4 is 10.6 Å². The molecule has 3 N–H and O–H groups in total. The molecule has 0 saturated carbocycles. The van der Waals surface area contributed by atoms with Crippen molar-refractivity contribution in [3.05, 3.63) is 57.2 Å².